The molecule has 1 atom stereocenters. The Morgan fingerprint density at radius 1 is 0.788 bits per heavy atom. The normalized spacial score (nSPS) is 12.0. The van der Waals surface area contributed by atoms with Crippen molar-refractivity contribution in [2.75, 3.05) is 0 Å². The van der Waals surface area contributed by atoms with Crippen molar-refractivity contribution in [2.45, 2.75) is 59.0 Å². The first-order valence-electron chi connectivity index (χ1n) is 11.5. The van der Waals surface area contributed by atoms with Gasteiger partial charge >= 0.3 is 0 Å². The molecule has 174 valence electrons. The molecule has 33 heavy (non-hydrogen) atoms. The molecule has 0 spiro atoms. The van der Waals surface area contributed by atoms with Crippen LogP contribution in [0.25, 0.3) is 11.1 Å². The number of aliphatic hydroxyl groups excluding tert-OH is 1. The summed E-state index contributed by atoms with van der Waals surface area (Å²) in [7, 11) is 0. The van der Waals surface area contributed by atoms with Crippen LogP contribution in [0, 0.1) is 0 Å². The number of hydrogen-bond donors (Lipinski definition) is 4. The number of benzene rings is 3. The molecule has 5 heteroatoms. The summed E-state index contributed by atoms with van der Waals surface area (Å²) >= 11 is 0. The van der Waals surface area contributed by atoms with Gasteiger partial charge in [0, 0.05) is 22.3 Å². The van der Waals surface area contributed by atoms with Crippen molar-refractivity contribution in [3.05, 3.63) is 76.3 Å². The summed E-state index contributed by atoms with van der Waals surface area (Å²) in [5.74, 6) is -0.561. The highest BCUT2D eigenvalue weighted by atomic mass is 16.3. The first kappa shape index (κ1) is 24.3. The molecule has 3 rings (SSSR count). The van der Waals surface area contributed by atoms with E-state index in [1.54, 1.807) is 49.4 Å². The van der Waals surface area contributed by atoms with Crippen LogP contribution in [-0.4, -0.2) is 32.3 Å². The minimum Gasteiger partial charge on any atom is -0.507 e. The number of phenolic OH excluding ortho intramolecular Hbond substituents is 3. The van der Waals surface area contributed by atoms with E-state index in [9.17, 15) is 25.2 Å². The zero-order valence-electron chi connectivity index (χ0n) is 19.4. The predicted molar refractivity (Wildman–Crippen MR) is 130 cm³/mol. The molecule has 0 radical (unpaired) electrons. The van der Waals surface area contributed by atoms with Gasteiger partial charge in [-0.25, -0.2) is 0 Å². The van der Waals surface area contributed by atoms with Gasteiger partial charge in [-0.05, 0) is 49.4 Å². The molecule has 0 heterocycles. The third kappa shape index (κ3) is 5.04. The van der Waals surface area contributed by atoms with Crippen LogP contribution in [-0.2, 0) is 19.3 Å². The van der Waals surface area contributed by atoms with Crippen molar-refractivity contribution in [2.24, 2.45) is 0 Å². The maximum Gasteiger partial charge on any atom is 0.197 e. The molecule has 3 aromatic carbocycles. The van der Waals surface area contributed by atoms with Gasteiger partial charge in [-0.3, -0.25) is 4.79 Å². The van der Waals surface area contributed by atoms with E-state index in [0.717, 1.165) is 12.8 Å². The van der Waals surface area contributed by atoms with Gasteiger partial charge in [-0.2, -0.15) is 0 Å². The van der Waals surface area contributed by atoms with Crippen molar-refractivity contribution < 1.29 is 25.2 Å². The number of aliphatic hydroxyl groups is 1. The number of hydrogen-bond acceptors (Lipinski definition) is 5. The Bertz CT molecular complexity index is 1150. The lowest BCUT2D eigenvalue weighted by Gasteiger charge is -2.18. The van der Waals surface area contributed by atoms with E-state index < -0.39 is 6.10 Å². The predicted octanol–water partition coefficient (Wildman–Crippen LogP) is 5.53. The highest BCUT2D eigenvalue weighted by Crippen LogP contribution is 2.44. The van der Waals surface area contributed by atoms with Gasteiger partial charge in [-0.1, -0.05) is 63.1 Å². The lowest BCUT2D eigenvalue weighted by Crippen LogP contribution is -2.11. The summed E-state index contributed by atoms with van der Waals surface area (Å²) in [5.41, 5.74) is 3.12. The second kappa shape index (κ2) is 10.5. The van der Waals surface area contributed by atoms with E-state index >= 15 is 0 Å². The molecule has 3 aromatic rings. The van der Waals surface area contributed by atoms with E-state index in [4.69, 9.17) is 0 Å². The van der Waals surface area contributed by atoms with E-state index in [2.05, 4.69) is 0 Å². The quantitative estimate of drug-likeness (QED) is 0.323. The van der Waals surface area contributed by atoms with Crippen LogP contribution in [0.1, 0.15) is 66.2 Å². The zero-order chi connectivity index (χ0) is 24.1. The maximum atomic E-state index is 13.4. The smallest absolute Gasteiger partial charge is 0.197 e. The van der Waals surface area contributed by atoms with Gasteiger partial charge in [0.25, 0.3) is 0 Å². The lowest BCUT2D eigenvalue weighted by molar-refractivity contribution is 0.103. The van der Waals surface area contributed by atoms with Crippen molar-refractivity contribution in [1.82, 2.24) is 0 Å². The van der Waals surface area contributed by atoms with Gasteiger partial charge in [0.15, 0.2) is 5.78 Å². The summed E-state index contributed by atoms with van der Waals surface area (Å²) in [5, 5.41) is 42.6. The summed E-state index contributed by atoms with van der Waals surface area (Å²) in [6, 6.07) is 13.6. The van der Waals surface area contributed by atoms with Gasteiger partial charge < -0.3 is 20.4 Å². The Labute approximate surface area is 195 Å². The van der Waals surface area contributed by atoms with Crippen molar-refractivity contribution in [1.29, 1.82) is 0 Å². The molecule has 0 saturated heterocycles. The maximum absolute atomic E-state index is 13.4. The zero-order valence-corrected chi connectivity index (χ0v) is 19.4. The Hall–Kier alpha value is -3.31. The van der Waals surface area contributed by atoms with Crippen LogP contribution in [0.4, 0.5) is 0 Å². The van der Waals surface area contributed by atoms with Crippen molar-refractivity contribution in [3.8, 4) is 28.4 Å². The fourth-order valence-electron chi connectivity index (χ4n) is 4.26. The van der Waals surface area contributed by atoms with E-state index in [-0.39, 0.29) is 28.6 Å². The van der Waals surface area contributed by atoms with Crippen LogP contribution in [0.3, 0.4) is 0 Å². The van der Waals surface area contributed by atoms with Gasteiger partial charge in [-0.15, -0.1) is 0 Å². The van der Waals surface area contributed by atoms with Gasteiger partial charge in [0.1, 0.15) is 17.2 Å². The van der Waals surface area contributed by atoms with Crippen LogP contribution >= 0.6 is 0 Å². The first-order valence-corrected chi connectivity index (χ1v) is 11.5. The average Bonchev–Trinajstić information content (AvgIpc) is 2.78. The summed E-state index contributed by atoms with van der Waals surface area (Å²) < 4.78 is 0. The second-order valence-corrected chi connectivity index (χ2v) is 8.50. The minimum absolute atomic E-state index is 0.0800. The average molecular weight is 449 g/mol. The molecule has 0 aromatic heterocycles. The van der Waals surface area contributed by atoms with Crippen LogP contribution in [0.15, 0.2) is 48.5 Å². The molecule has 0 bridgehead atoms. The minimum atomic E-state index is -0.609. The van der Waals surface area contributed by atoms with Gasteiger partial charge in [0.05, 0.1) is 11.7 Å². The summed E-state index contributed by atoms with van der Waals surface area (Å²) in [4.78, 5) is 13.4. The number of ketones is 1. The molecule has 0 saturated carbocycles. The molecule has 0 amide bonds. The molecule has 5 nitrogen and oxygen atoms in total. The van der Waals surface area contributed by atoms with Crippen molar-refractivity contribution in [3.63, 3.8) is 0 Å². The molecule has 0 fully saturated rings. The Kier molecular flexibility index (Phi) is 7.77. The lowest BCUT2D eigenvalue weighted by atomic mass is 9.90. The van der Waals surface area contributed by atoms with Crippen LogP contribution in [0.5, 0.6) is 17.2 Å². The Morgan fingerprint density at radius 3 is 2.12 bits per heavy atom. The van der Waals surface area contributed by atoms with Crippen molar-refractivity contribution >= 4 is 5.78 Å². The fraction of sp³-hybridized carbons (Fsp3) is 0.321. The Morgan fingerprint density at radius 2 is 1.45 bits per heavy atom. The standard InChI is InChI=1S/C28H32O5/c1-4-9-19-16-24(28(33)22(10-5-2)25(19)30)21-13-8-14-23(27(21)32)26(31)20-12-7-6-11-18(20)15-17(3)29/h6-8,11-14,16-17,29-30,32-33H,4-5,9-10,15H2,1-3H3. The molecular formula is C28H32O5. The van der Waals surface area contributed by atoms with E-state index in [1.165, 1.54) is 0 Å². The molecule has 0 aliphatic heterocycles. The highest BCUT2D eigenvalue weighted by Gasteiger charge is 2.23. The summed E-state index contributed by atoms with van der Waals surface area (Å²) in [6.45, 7) is 5.63. The molecule has 0 aliphatic carbocycles. The van der Waals surface area contributed by atoms with Gasteiger partial charge in [0.2, 0.25) is 0 Å². The number of phenols is 3. The third-order valence-electron chi connectivity index (χ3n) is 5.82. The first-order chi connectivity index (χ1) is 15.8. The number of carbonyl (C=O) groups is 1. The molecular weight excluding hydrogens is 416 g/mol. The Balaban J connectivity index is 2.16. The monoisotopic (exact) mass is 448 g/mol. The van der Waals surface area contributed by atoms with Crippen LogP contribution in [0.2, 0.25) is 0 Å². The topological polar surface area (TPSA) is 98.0 Å². The number of aromatic hydroxyl groups is 3. The van der Waals surface area contributed by atoms with E-state index in [0.29, 0.717) is 52.6 Å². The highest BCUT2D eigenvalue weighted by molar-refractivity contribution is 6.12. The number of rotatable bonds is 9. The third-order valence-corrected chi connectivity index (χ3v) is 5.82. The largest absolute Gasteiger partial charge is 0.507 e. The summed E-state index contributed by atoms with van der Waals surface area (Å²) in [6.07, 6.45) is 2.38. The van der Waals surface area contributed by atoms with Crippen LogP contribution < -0.4 is 0 Å². The number of para-hydroxylation sites is 1. The SMILES string of the molecule is CCCc1cc(-c2cccc(C(=O)c3ccccc3CC(C)O)c2O)c(O)c(CCC)c1O. The molecule has 4 N–H and O–H groups in total. The fourth-order valence-corrected chi connectivity index (χ4v) is 4.26. The molecule has 1 unspecified atom stereocenters. The van der Waals surface area contributed by atoms with E-state index in [1.807, 2.05) is 19.9 Å². The molecule has 0 aliphatic rings. The number of aryl methyl sites for hydroxylation is 1. The second-order valence-electron chi connectivity index (χ2n) is 8.50. The number of carbonyl (C=O) groups excluding carboxylic acids is 1.